The summed E-state index contributed by atoms with van der Waals surface area (Å²) in [7, 11) is -4.15. The molecule has 2 aromatic carbocycles. The van der Waals surface area contributed by atoms with Gasteiger partial charge < -0.3 is 5.32 Å². The van der Waals surface area contributed by atoms with Crippen LogP contribution in [0, 0.1) is 19.7 Å². The standard InChI is InChI=1S/C19H19FN2O4S/c1-12-3-6-15(7-4-12)27(25,26)22-17(9-10-18(22)23)19(24)21-16-8-5-14(20)11-13(16)2/h3-8,11,17H,9-10H2,1-2H3,(H,21,24)/t17-/m0/s1. The maximum absolute atomic E-state index is 13.2. The van der Waals surface area contributed by atoms with Gasteiger partial charge in [-0.25, -0.2) is 17.1 Å². The summed E-state index contributed by atoms with van der Waals surface area (Å²) in [6, 6.07) is 8.80. The molecule has 0 radical (unpaired) electrons. The smallest absolute Gasteiger partial charge is 0.267 e. The summed E-state index contributed by atoms with van der Waals surface area (Å²) in [5.41, 5.74) is 1.75. The van der Waals surface area contributed by atoms with Crippen LogP contribution in [-0.2, 0) is 19.6 Å². The van der Waals surface area contributed by atoms with E-state index in [1.807, 2.05) is 6.92 Å². The number of rotatable bonds is 4. The van der Waals surface area contributed by atoms with Crippen molar-refractivity contribution in [3.05, 3.63) is 59.4 Å². The van der Waals surface area contributed by atoms with Crippen LogP contribution in [0.1, 0.15) is 24.0 Å². The van der Waals surface area contributed by atoms with Crippen molar-refractivity contribution in [1.82, 2.24) is 4.31 Å². The molecule has 0 aromatic heterocycles. The van der Waals surface area contributed by atoms with Gasteiger partial charge in [0.05, 0.1) is 4.90 Å². The first-order valence-corrected chi connectivity index (χ1v) is 9.85. The van der Waals surface area contributed by atoms with Crippen LogP contribution in [-0.4, -0.2) is 30.6 Å². The molecule has 6 nitrogen and oxygen atoms in total. The number of benzene rings is 2. The number of sulfonamides is 1. The van der Waals surface area contributed by atoms with Gasteiger partial charge in [0.25, 0.3) is 10.0 Å². The highest BCUT2D eigenvalue weighted by molar-refractivity contribution is 7.89. The summed E-state index contributed by atoms with van der Waals surface area (Å²) in [6.45, 7) is 3.44. The lowest BCUT2D eigenvalue weighted by Gasteiger charge is -2.24. The zero-order valence-corrected chi connectivity index (χ0v) is 15.7. The molecule has 0 spiro atoms. The Morgan fingerprint density at radius 3 is 2.44 bits per heavy atom. The monoisotopic (exact) mass is 390 g/mol. The van der Waals surface area contributed by atoms with E-state index in [2.05, 4.69) is 5.32 Å². The predicted molar refractivity (Wildman–Crippen MR) is 98.0 cm³/mol. The van der Waals surface area contributed by atoms with Gasteiger partial charge in [0.2, 0.25) is 11.8 Å². The maximum Gasteiger partial charge on any atom is 0.267 e. The fraction of sp³-hybridized carbons (Fsp3) is 0.263. The molecular weight excluding hydrogens is 371 g/mol. The molecule has 2 aromatic rings. The number of carbonyl (C=O) groups is 2. The first-order chi connectivity index (χ1) is 12.7. The maximum atomic E-state index is 13.2. The van der Waals surface area contributed by atoms with Crippen LogP contribution in [0.15, 0.2) is 47.4 Å². The number of nitrogens with one attached hydrogen (secondary N) is 1. The number of nitrogens with zero attached hydrogens (tertiary/aromatic N) is 1. The highest BCUT2D eigenvalue weighted by atomic mass is 32.2. The molecule has 8 heteroatoms. The second kappa shape index (κ2) is 7.11. The van der Waals surface area contributed by atoms with Crippen molar-refractivity contribution in [3.63, 3.8) is 0 Å². The molecular formula is C19H19FN2O4S. The van der Waals surface area contributed by atoms with Crippen LogP contribution in [0.2, 0.25) is 0 Å². The number of halogens is 1. The number of aryl methyl sites for hydroxylation is 2. The molecule has 0 bridgehead atoms. The molecule has 142 valence electrons. The lowest BCUT2D eigenvalue weighted by atomic mass is 10.1. The fourth-order valence-electron chi connectivity index (χ4n) is 3.01. The lowest BCUT2D eigenvalue weighted by molar-refractivity contribution is -0.128. The quantitative estimate of drug-likeness (QED) is 0.870. The molecule has 1 N–H and O–H groups in total. The van der Waals surface area contributed by atoms with Gasteiger partial charge in [-0.2, -0.15) is 0 Å². The van der Waals surface area contributed by atoms with Crippen LogP contribution in [0.25, 0.3) is 0 Å². The Morgan fingerprint density at radius 2 is 1.81 bits per heavy atom. The Bertz CT molecular complexity index is 1000. The summed E-state index contributed by atoms with van der Waals surface area (Å²) in [5.74, 6) is -1.68. The molecule has 1 aliphatic rings. The molecule has 1 aliphatic heterocycles. The molecule has 1 saturated heterocycles. The van der Waals surface area contributed by atoms with Crippen molar-refractivity contribution in [2.24, 2.45) is 0 Å². The normalized spacial score (nSPS) is 17.2. The van der Waals surface area contributed by atoms with E-state index >= 15 is 0 Å². The fourth-order valence-corrected chi connectivity index (χ4v) is 4.61. The molecule has 0 saturated carbocycles. The minimum absolute atomic E-state index is 0.0361. The molecule has 3 rings (SSSR count). The number of hydrogen-bond donors (Lipinski definition) is 1. The predicted octanol–water partition coefficient (Wildman–Crippen LogP) is 2.76. The third-order valence-corrected chi connectivity index (χ3v) is 6.33. The van der Waals surface area contributed by atoms with Gasteiger partial charge >= 0.3 is 0 Å². The minimum Gasteiger partial charge on any atom is -0.324 e. The van der Waals surface area contributed by atoms with Gasteiger partial charge in [0.1, 0.15) is 11.9 Å². The second-order valence-electron chi connectivity index (χ2n) is 6.51. The topological polar surface area (TPSA) is 83.6 Å². The minimum atomic E-state index is -4.15. The van der Waals surface area contributed by atoms with Gasteiger partial charge in [-0.05, 0) is 56.2 Å². The zero-order chi connectivity index (χ0) is 19.8. The second-order valence-corrected chi connectivity index (χ2v) is 8.33. The Balaban J connectivity index is 1.89. The first kappa shape index (κ1) is 19.0. The van der Waals surface area contributed by atoms with Gasteiger partial charge in [0.15, 0.2) is 0 Å². The average molecular weight is 390 g/mol. The van der Waals surface area contributed by atoms with Gasteiger partial charge in [0, 0.05) is 12.1 Å². The summed E-state index contributed by atoms with van der Waals surface area (Å²) < 4.78 is 39.7. The van der Waals surface area contributed by atoms with Crippen molar-refractivity contribution >= 4 is 27.5 Å². The van der Waals surface area contributed by atoms with E-state index in [0.29, 0.717) is 15.6 Å². The number of hydrogen-bond acceptors (Lipinski definition) is 4. The van der Waals surface area contributed by atoms with Crippen LogP contribution >= 0.6 is 0 Å². The molecule has 0 unspecified atom stereocenters. The van der Waals surface area contributed by atoms with Crippen molar-refractivity contribution in [2.75, 3.05) is 5.32 Å². The van der Waals surface area contributed by atoms with Crippen LogP contribution < -0.4 is 5.32 Å². The van der Waals surface area contributed by atoms with Crippen LogP contribution in [0.5, 0.6) is 0 Å². The van der Waals surface area contributed by atoms with E-state index < -0.39 is 33.7 Å². The van der Waals surface area contributed by atoms with Crippen LogP contribution in [0.4, 0.5) is 10.1 Å². The number of anilines is 1. The van der Waals surface area contributed by atoms with Crippen molar-refractivity contribution in [2.45, 2.75) is 37.6 Å². The van der Waals surface area contributed by atoms with Gasteiger partial charge in [-0.1, -0.05) is 17.7 Å². The molecule has 0 aliphatic carbocycles. The SMILES string of the molecule is Cc1ccc(S(=O)(=O)N2C(=O)CC[C@H]2C(=O)Nc2ccc(F)cc2C)cc1. The van der Waals surface area contributed by atoms with Crippen molar-refractivity contribution in [1.29, 1.82) is 0 Å². The third-order valence-electron chi connectivity index (χ3n) is 4.49. The number of carbonyl (C=O) groups excluding carboxylic acids is 2. The van der Waals surface area contributed by atoms with E-state index in [1.165, 1.54) is 30.3 Å². The summed E-state index contributed by atoms with van der Waals surface area (Å²) in [6.07, 6.45) is 0.0571. The number of amides is 2. The Hall–Kier alpha value is -2.74. The molecule has 2 amide bonds. The molecule has 1 fully saturated rings. The summed E-state index contributed by atoms with van der Waals surface area (Å²) in [4.78, 5) is 24.9. The third kappa shape index (κ3) is 3.71. The van der Waals surface area contributed by atoms with Crippen molar-refractivity contribution in [3.8, 4) is 0 Å². The zero-order valence-electron chi connectivity index (χ0n) is 14.9. The highest BCUT2D eigenvalue weighted by Gasteiger charge is 2.44. The largest absolute Gasteiger partial charge is 0.324 e. The first-order valence-electron chi connectivity index (χ1n) is 8.41. The molecule has 1 atom stereocenters. The molecule has 27 heavy (non-hydrogen) atoms. The van der Waals surface area contributed by atoms with Gasteiger partial charge in [-0.3, -0.25) is 9.59 Å². The van der Waals surface area contributed by atoms with E-state index in [9.17, 15) is 22.4 Å². The Labute approximate surface area is 157 Å². The summed E-state index contributed by atoms with van der Waals surface area (Å²) in [5, 5.41) is 2.60. The lowest BCUT2D eigenvalue weighted by Crippen LogP contribution is -2.45. The van der Waals surface area contributed by atoms with E-state index in [0.717, 1.165) is 5.56 Å². The van der Waals surface area contributed by atoms with Crippen molar-refractivity contribution < 1.29 is 22.4 Å². The van der Waals surface area contributed by atoms with E-state index in [1.54, 1.807) is 19.1 Å². The Kier molecular flexibility index (Phi) is 5.01. The summed E-state index contributed by atoms with van der Waals surface area (Å²) >= 11 is 0. The van der Waals surface area contributed by atoms with E-state index in [4.69, 9.17) is 0 Å². The van der Waals surface area contributed by atoms with E-state index in [-0.39, 0.29) is 17.7 Å². The van der Waals surface area contributed by atoms with Crippen LogP contribution in [0.3, 0.4) is 0 Å². The Morgan fingerprint density at radius 1 is 1.15 bits per heavy atom. The highest BCUT2D eigenvalue weighted by Crippen LogP contribution is 2.28. The average Bonchev–Trinajstić information content (AvgIpc) is 3.00. The van der Waals surface area contributed by atoms with Gasteiger partial charge in [-0.15, -0.1) is 0 Å². The molecule has 1 heterocycles.